The van der Waals surface area contributed by atoms with Crippen molar-refractivity contribution in [3.63, 3.8) is 0 Å². The van der Waals surface area contributed by atoms with Crippen LogP contribution in [0.25, 0.3) is 0 Å². The minimum atomic E-state index is -0.491. The summed E-state index contributed by atoms with van der Waals surface area (Å²) in [6, 6.07) is 7.54. The van der Waals surface area contributed by atoms with Crippen molar-refractivity contribution in [2.75, 3.05) is 13.2 Å². The summed E-state index contributed by atoms with van der Waals surface area (Å²) < 4.78 is 10.1. The maximum atomic E-state index is 11.6. The topological polar surface area (TPSA) is 76.7 Å². The van der Waals surface area contributed by atoms with Crippen LogP contribution in [0.3, 0.4) is 0 Å². The molecule has 0 saturated carbocycles. The standard InChI is InChI=1S/C19H30N2O4/c1-5-24-17(22)16-12-10-15(11-13-16)9-7-6-8-14-20-21-18(23)25-19(2,3)4/h10-13,20H,5-9,14H2,1-4H3,(H,21,23). The van der Waals surface area contributed by atoms with Gasteiger partial charge in [-0.25, -0.2) is 15.0 Å². The zero-order chi connectivity index (χ0) is 18.7. The Morgan fingerprint density at radius 1 is 1.04 bits per heavy atom. The fraction of sp³-hybridized carbons (Fsp3) is 0.579. The van der Waals surface area contributed by atoms with Crippen molar-refractivity contribution < 1.29 is 19.1 Å². The summed E-state index contributed by atoms with van der Waals surface area (Å²) in [7, 11) is 0. The van der Waals surface area contributed by atoms with Crippen LogP contribution in [-0.2, 0) is 15.9 Å². The molecule has 25 heavy (non-hydrogen) atoms. The lowest BCUT2D eigenvalue weighted by Gasteiger charge is -2.19. The van der Waals surface area contributed by atoms with Gasteiger partial charge < -0.3 is 9.47 Å². The van der Waals surface area contributed by atoms with Crippen molar-refractivity contribution in [1.82, 2.24) is 10.9 Å². The molecule has 6 nitrogen and oxygen atoms in total. The van der Waals surface area contributed by atoms with Crippen LogP contribution in [0.15, 0.2) is 24.3 Å². The first-order chi connectivity index (χ1) is 11.8. The number of hydrogen-bond acceptors (Lipinski definition) is 5. The van der Waals surface area contributed by atoms with E-state index in [9.17, 15) is 9.59 Å². The average Bonchev–Trinajstić information content (AvgIpc) is 2.53. The molecule has 0 aliphatic carbocycles. The van der Waals surface area contributed by atoms with Crippen LogP contribution in [0.2, 0.25) is 0 Å². The zero-order valence-corrected chi connectivity index (χ0v) is 15.7. The number of nitrogens with one attached hydrogen (secondary N) is 2. The molecule has 0 unspecified atom stereocenters. The smallest absolute Gasteiger partial charge is 0.422 e. The molecule has 1 rings (SSSR count). The summed E-state index contributed by atoms with van der Waals surface area (Å²) in [6.07, 6.45) is 3.55. The van der Waals surface area contributed by atoms with Crippen molar-refractivity contribution in [3.05, 3.63) is 35.4 Å². The highest BCUT2D eigenvalue weighted by Gasteiger charge is 2.15. The molecular formula is C19H30N2O4. The Balaban J connectivity index is 2.12. The number of carbonyl (C=O) groups excluding carboxylic acids is 2. The monoisotopic (exact) mass is 350 g/mol. The highest BCUT2D eigenvalue weighted by atomic mass is 16.6. The van der Waals surface area contributed by atoms with Gasteiger partial charge in [0.15, 0.2) is 0 Å². The Morgan fingerprint density at radius 3 is 2.32 bits per heavy atom. The third-order valence-electron chi connectivity index (χ3n) is 3.32. The van der Waals surface area contributed by atoms with E-state index in [1.165, 1.54) is 5.56 Å². The van der Waals surface area contributed by atoms with Gasteiger partial charge in [0.25, 0.3) is 0 Å². The number of benzene rings is 1. The van der Waals surface area contributed by atoms with Crippen molar-refractivity contribution >= 4 is 12.1 Å². The quantitative estimate of drug-likeness (QED) is 0.404. The van der Waals surface area contributed by atoms with Gasteiger partial charge in [0, 0.05) is 6.54 Å². The van der Waals surface area contributed by atoms with Crippen molar-refractivity contribution in [2.45, 2.75) is 59.0 Å². The first kappa shape index (κ1) is 21.0. The summed E-state index contributed by atoms with van der Waals surface area (Å²) in [5, 5.41) is 0. The third kappa shape index (κ3) is 9.72. The minimum Gasteiger partial charge on any atom is -0.462 e. The molecule has 2 N–H and O–H groups in total. The Hall–Kier alpha value is -2.08. The Morgan fingerprint density at radius 2 is 1.72 bits per heavy atom. The van der Waals surface area contributed by atoms with Gasteiger partial charge in [-0.15, -0.1) is 0 Å². The number of carbonyl (C=O) groups is 2. The SMILES string of the molecule is CCOC(=O)c1ccc(CCCCCNNC(=O)OC(C)(C)C)cc1. The van der Waals surface area contributed by atoms with E-state index in [1.807, 2.05) is 32.9 Å². The van der Waals surface area contributed by atoms with Gasteiger partial charge in [-0.05, 0) is 64.7 Å². The zero-order valence-electron chi connectivity index (χ0n) is 15.7. The number of ether oxygens (including phenoxy) is 2. The normalized spacial score (nSPS) is 11.0. The van der Waals surface area contributed by atoms with E-state index < -0.39 is 11.7 Å². The maximum Gasteiger partial charge on any atom is 0.422 e. The Kier molecular flexibility index (Phi) is 8.99. The number of amides is 1. The second kappa shape index (κ2) is 10.7. The second-order valence-electron chi connectivity index (χ2n) is 6.78. The molecule has 0 saturated heterocycles. The van der Waals surface area contributed by atoms with Gasteiger partial charge in [0.2, 0.25) is 0 Å². The predicted octanol–water partition coefficient (Wildman–Crippen LogP) is 3.61. The molecule has 0 aromatic heterocycles. The molecule has 1 aromatic rings. The fourth-order valence-electron chi connectivity index (χ4n) is 2.18. The van der Waals surface area contributed by atoms with E-state index in [1.54, 1.807) is 19.1 Å². The van der Waals surface area contributed by atoms with Gasteiger partial charge in [-0.3, -0.25) is 5.43 Å². The van der Waals surface area contributed by atoms with Crippen molar-refractivity contribution in [1.29, 1.82) is 0 Å². The molecule has 6 heteroatoms. The summed E-state index contributed by atoms with van der Waals surface area (Å²) in [5.41, 5.74) is 6.68. The van der Waals surface area contributed by atoms with E-state index >= 15 is 0 Å². The van der Waals surface area contributed by atoms with Crippen LogP contribution >= 0.6 is 0 Å². The molecule has 140 valence electrons. The van der Waals surface area contributed by atoms with Crippen LogP contribution < -0.4 is 10.9 Å². The number of hydrazine groups is 1. The fourth-order valence-corrected chi connectivity index (χ4v) is 2.18. The van der Waals surface area contributed by atoms with E-state index in [0.29, 0.717) is 18.7 Å². The Bertz CT molecular complexity index is 535. The number of unbranched alkanes of at least 4 members (excludes halogenated alkanes) is 2. The molecule has 1 aromatic carbocycles. The highest BCUT2D eigenvalue weighted by molar-refractivity contribution is 5.89. The summed E-state index contributed by atoms with van der Waals surface area (Å²) in [6.45, 7) is 8.35. The van der Waals surface area contributed by atoms with Crippen molar-refractivity contribution in [2.24, 2.45) is 0 Å². The molecule has 0 fully saturated rings. The molecule has 0 radical (unpaired) electrons. The number of rotatable bonds is 9. The van der Waals surface area contributed by atoms with E-state index in [-0.39, 0.29) is 5.97 Å². The van der Waals surface area contributed by atoms with Crippen molar-refractivity contribution in [3.8, 4) is 0 Å². The molecular weight excluding hydrogens is 320 g/mol. The molecule has 0 aliphatic rings. The van der Waals surface area contributed by atoms with E-state index in [4.69, 9.17) is 9.47 Å². The first-order valence-electron chi connectivity index (χ1n) is 8.79. The van der Waals surface area contributed by atoms with Gasteiger partial charge >= 0.3 is 12.1 Å². The highest BCUT2D eigenvalue weighted by Crippen LogP contribution is 2.10. The average molecular weight is 350 g/mol. The molecule has 0 aliphatic heterocycles. The van der Waals surface area contributed by atoms with Gasteiger partial charge in [-0.2, -0.15) is 0 Å². The lowest BCUT2D eigenvalue weighted by Crippen LogP contribution is -2.41. The van der Waals surface area contributed by atoms with Gasteiger partial charge in [-0.1, -0.05) is 18.6 Å². The summed E-state index contributed by atoms with van der Waals surface area (Å²) >= 11 is 0. The molecule has 1 amide bonds. The van der Waals surface area contributed by atoms with Crippen LogP contribution in [0.4, 0.5) is 4.79 Å². The molecule has 0 spiro atoms. The Labute approximate surface area is 150 Å². The summed E-state index contributed by atoms with van der Waals surface area (Å²) in [5.74, 6) is -0.280. The molecule has 0 heterocycles. The first-order valence-corrected chi connectivity index (χ1v) is 8.79. The third-order valence-corrected chi connectivity index (χ3v) is 3.32. The van der Waals surface area contributed by atoms with Crippen LogP contribution in [0.1, 0.15) is 62.9 Å². The van der Waals surface area contributed by atoms with E-state index in [2.05, 4.69) is 10.9 Å². The van der Waals surface area contributed by atoms with Crippen LogP contribution in [0.5, 0.6) is 0 Å². The molecule has 0 atom stereocenters. The van der Waals surface area contributed by atoms with Gasteiger partial charge in [0.05, 0.1) is 12.2 Å². The lowest BCUT2D eigenvalue weighted by atomic mass is 10.1. The summed E-state index contributed by atoms with van der Waals surface area (Å²) in [4.78, 5) is 23.0. The van der Waals surface area contributed by atoms with Crippen LogP contribution in [0, 0.1) is 0 Å². The number of esters is 1. The minimum absolute atomic E-state index is 0.280. The largest absolute Gasteiger partial charge is 0.462 e. The van der Waals surface area contributed by atoms with Gasteiger partial charge in [0.1, 0.15) is 5.60 Å². The number of hydrogen-bond donors (Lipinski definition) is 2. The lowest BCUT2D eigenvalue weighted by molar-refractivity contribution is 0.0495. The predicted molar refractivity (Wildman–Crippen MR) is 97.3 cm³/mol. The molecule has 0 bridgehead atoms. The second-order valence-corrected chi connectivity index (χ2v) is 6.78. The van der Waals surface area contributed by atoms with Crippen LogP contribution in [-0.4, -0.2) is 30.8 Å². The van der Waals surface area contributed by atoms with E-state index in [0.717, 1.165) is 25.7 Å². The maximum absolute atomic E-state index is 11.6. The number of aryl methyl sites for hydroxylation is 1.